The largest absolute Gasteiger partial charge is 0.292 e. The summed E-state index contributed by atoms with van der Waals surface area (Å²) in [5, 5.41) is 4.65. The molecule has 0 atom stereocenters. The van der Waals surface area contributed by atoms with E-state index >= 15 is 0 Å². The number of Topliss-reactive ketones (excluding diaryl/α,β-unsaturated/α-hetero) is 1. The molecule has 0 spiro atoms. The number of hydrogen-bond acceptors (Lipinski definition) is 2. The molecule has 0 saturated carbocycles. The minimum absolute atomic E-state index is 0.0917. The molecule has 0 aliphatic carbocycles. The monoisotopic (exact) mass is 244 g/mol. The van der Waals surface area contributed by atoms with Crippen LogP contribution in [0.5, 0.6) is 0 Å². The number of nitrogens with zero attached hydrogens (tertiary/aromatic N) is 2. The highest BCUT2D eigenvalue weighted by Crippen LogP contribution is 2.07. The summed E-state index contributed by atoms with van der Waals surface area (Å²) in [6, 6.07) is 1.87. The second-order valence-corrected chi connectivity index (χ2v) is 3.31. The van der Waals surface area contributed by atoms with Crippen molar-refractivity contribution in [3.63, 3.8) is 0 Å². The summed E-state index contributed by atoms with van der Waals surface area (Å²) in [6.45, 7) is 4.76. The Kier molecular flexibility index (Phi) is 3.66. The van der Waals surface area contributed by atoms with Gasteiger partial charge in [0.15, 0.2) is 5.78 Å². The lowest BCUT2D eigenvalue weighted by Gasteiger charge is -1.99. The third kappa shape index (κ3) is 2.18. The van der Waals surface area contributed by atoms with E-state index in [0.717, 1.165) is 18.7 Å². The maximum atomic E-state index is 11.4. The van der Waals surface area contributed by atoms with Crippen molar-refractivity contribution in [1.82, 2.24) is 9.78 Å². The quantitative estimate of drug-likeness (QED) is 0.601. The van der Waals surface area contributed by atoms with Crippen LogP contribution in [0.1, 0.15) is 30.0 Å². The molecule has 1 aromatic heterocycles. The van der Waals surface area contributed by atoms with Crippen LogP contribution in [-0.2, 0) is 13.0 Å². The zero-order valence-electron chi connectivity index (χ0n) is 7.88. The van der Waals surface area contributed by atoms with Crippen LogP contribution in [0.15, 0.2) is 6.07 Å². The number of hydrogen-bond donors (Lipinski definition) is 0. The molecular formula is C9H13BrN2O. The van der Waals surface area contributed by atoms with Gasteiger partial charge in [0.1, 0.15) is 5.69 Å². The van der Waals surface area contributed by atoms with Crippen molar-refractivity contribution in [2.75, 3.05) is 5.33 Å². The van der Waals surface area contributed by atoms with Gasteiger partial charge in [0.05, 0.1) is 11.0 Å². The molecule has 72 valence electrons. The zero-order chi connectivity index (χ0) is 9.84. The van der Waals surface area contributed by atoms with Crippen molar-refractivity contribution < 1.29 is 4.79 Å². The first-order valence-electron chi connectivity index (χ1n) is 4.38. The fraction of sp³-hybridized carbons (Fsp3) is 0.556. The van der Waals surface area contributed by atoms with Gasteiger partial charge in [-0.1, -0.05) is 22.9 Å². The summed E-state index contributed by atoms with van der Waals surface area (Å²) in [5.41, 5.74) is 1.68. The van der Waals surface area contributed by atoms with Gasteiger partial charge < -0.3 is 0 Å². The van der Waals surface area contributed by atoms with E-state index in [0.29, 0.717) is 11.0 Å². The predicted molar refractivity (Wildman–Crippen MR) is 55.4 cm³/mol. The predicted octanol–water partition coefficient (Wildman–Crippen LogP) is 2.04. The SMILES string of the molecule is CCc1cc(C(=O)CBr)n(CC)n1. The molecule has 0 N–H and O–H groups in total. The van der Waals surface area contributed by atoms with Crippen molar-refractivity contribution in [3.05, 3.63) is 17.5 Å². The Labute approximate surface area is 86.3 Å². The minimum atomic E-state index is 0.0917. The third-order valence-electron chi connectivity index (χ3n) is 1.90. The molecule has 0 fully saturated rings. The second kappa shape index (κ2) is 4.56. The average Bonchev–Trinajstić information content (AvgIpc) is 2.59. The Morgan fingerprint density at radius 2 is 2.31 bits per heavy atom. The number of carbonyl (C=O) groups is 1. The van der Waals surface area contributed by atoms with Crippen LogP contribution in [0.4, 0.5) is 0 Å². The van der Waals surface area contributed by atoms with E-state index in [-0.39, 0.29) is 5.78 Å². The minimum Gasteiger partial charge on any atom is -0.292 e. The third-order valence-corrected chi connectivity index (χ3v) is 2.41. The van der Waals surface area contributed by atoms with Crippen LogP contribution in [0.2, 0.25) is 0 Å². The normalized spacial score (nSPS) is 10.4. The van der Waals surface area contributed by atoms with Crippen molar-refractivity contribution in [1.29, 1.82) is 0 Å². The maximum absolute atomic E-state index is 11.4. The number of carbonyl (C=O) groups excluding carboxylic acids is 1. The molecule has 3 nitrogen and oxygen atoms in total. The molecule has 0 aliphatic heterocycles. The molecule has 4 heteroatoms. The van der Waals surface area contributed by atoms with Crippen molar-refractivity contribution in [2.45, 2.75) is 26.8 Å². The van der Waals surface area contributed by atoms with Gasteiger partial charge in [0.25, 0.3) is 0 Å². The van der Waals surface area contributed by atoms with E-state index in [1.807, 2.05) is 19.9 Å². The zero-order valence-corrected chi connectivity index (χ0v) is 9.47. The Morgan fingerprint density at radius 3 is 2.77 bits per heavy atom. The first kappa shape index (κ1) is 10.4. The van der Waals surface area contributed by atoms with Crippen molar-refractivity contribution in [3.8, 4) is 0 Å². The summed E-state index contributed by atoms with van der Waals surface area (Å²) in [5.74, 6) is 0.0917. The summed E-state index contributed by atoms with van der Waals surface area (Å²) >= 11 is 3.16. The highest BCUT2D eigenvalue weighted by Gasteiger charge is 2.11. The van der Waals surface area contributed by atoms with Gasteiger partial charge >= 0.3 is 0 Å². The lowest BCUT2D eigenvalue weighted by molar-refractivity contribution is 0.101. The molecule has 0 amide bonds. The first-order valence-corrected chi connectivity index (χ1v) is 5.50. The number of aryl methyl sites for hydroxylation is 2. The fourth-order valence-corrected chi connectivity index (χ4v) is 1.46. The Bertz CT molecular complexity index is 307. The number of aromatic nitrogens is 2. The lowest BCUT2D eigenvalue weighted by Crippen LogP contribution is -2.09. The molecule has 1 rings (SSSR count). The summed E-state index contributed by atoms with van der Waals surface area (Å²) in [6.07, 6.45) is 0.871. The standard InChI is InChI=1S/C9H13BrN2O/c1-3-7-5-8(9(13)6-10)12(4-2)11-7/h5H,3-4,6H2,1-2H3. The molecule has 0 saturated heterocycles. The Hall–Kier alpha value is -0.640. The van der Waals surface area contributed by atoms with Crippen LogP contribution in [0.25, 0.3) is 0 Å². The van der Waals surface area contributed by atoms with Crippen LogP contribution in [0, 0.1) is 0 Å². The van der Waals surface area contributed by atoms with Gasteiger partial charge in [-0.2, -0.15) is 5.10 Å². The summed E-state index contributed by atoms with van der Waals surface area (Å²) in [4.78, 5) is 11.4. The lowest BCUT2D eigenvalue weighted by atomic mass is 10.2. The van der Waals surface area contributed by atoms with Gasteiger partial charge in [0, 0.05) is 6.54 Å². The summed E-state index contributed by atoms with van der Waals surface area (Å²) in [7, 11) is 0. The maximum Gasteiger partial charge on any atom is 0.191 e. The van der Waals surface area contributed by atoms with Crippen LogP contribution >= 0.6 is 15.9 Å². The number of rotatable bonds is 4. The molecular weight excluding hydrogens is 232 g/mol. The molecule has 0 radical (unpaired) electrons. The second-order valence-electron chi connectivity index (χ2n) is 2.75. The smallest absolute Gasteiger partial charge is 0.191 e. The molecule has 0 unspecified atom stereocenters. The summed E-state index contributed by atoms with van der Waals surface area (Å²) < 4.78 is 1.75. The van der Waals surface area contributed by atoms with Crippen LogP contribution < -0.4 is 0 Å². The fourth-order valence-electron chi connectivity index (χ4n) is 1.18. The molecule has 1 aromatic rings. The highest BCUT2D eigenvalue weighted by molar-refractivity contribution is 9.09. The number of ketones is 1. The Balaban J connectivity index is 3.03. The van der Waals surface area contributed by atoms with E-state index in [9.17, 15) is 4.79 Å². The van der Waals surface area contributed by atoms with E-state index in [1.54, 1.807) is 4.68 Å². The molecule has 0 aromatic carbocycles. The molecule has 0 bridgehead atoms. The van der Waals surface area contributed by atoms with E-state index < -0.39 is 0 Å². The molecule has 13 heavy (non-hydrogen) atoms. The topological polar surface area (TPSA) is 34.9 Å². The molecule has 0 aliphatic rings. The van der Waals surface area contributed by atoms with E-state index in [4.69, 9.17) is 0 Å². The van der Waals surface area contributed by atoms with Crippen molar-refractivity contribution in [2.24, 2.45) is 0 Å². The van der Waals surface area contributed by atoms with Gasteiger partial charge in [0.2, 0.25) is 0 Å². The number of halogens is 1. The van der Waals surface area contributed by atoms with Gasteiger partial charge in [-0.15, -0.1) is 0 Å². The van der Waals surface area contributed by atoms with Crippen molar-refractivity contribution >= 4 is 21.7 Å². The first-order chi connectivity index (χ1) is 6.22. The Morgan fingerprint density at radius 1 is 1.62 bits per heavy atom. The van der Waals surface area contributed by atoms with Crippen LogP contribution in [0.3, 0.4) is 0 Å². The molecule has 1 heterocycles. The highest BCUT2D eigenvalue weighted by atomic mass is 79.9. The van der Waals surface area contributed by atoms with Crippen LogP contribution in [-0.4, -0.2) is 20.9 Å². The van der Waals surface area contributed by atoms with Gasteiger partial charge in [-0.25, -0.2) is 0 Å². The van der Waals surface area contributed by atoms with E-state index in [1.165, 1.54) is 0 Å². The van der Waals surface area contributed by atoms with Gasteiger partial charge in [-0.05, 0) is 19.4 Å². The van der Waals surface area contributed by atoms with E-state index in [2.05, 4.69) is 21.0 Å². The van der Waals surface area contributed by atoms with Gasteiger partial charge in [-0.3, -0.25) is 9.48 Å². The number of alkyl halides is 1. The average molecular weight is 245 g/mol.